The zero-order valence-electron chi connectivity index (χ0n) is 14.8. The van der Waals surface area contributed by atoms with E-state index in [1.165, 1.54) is 11.1 Å². The molecule has 124 valence electrons. The van der Waals surface area contributed by atoms with E-state index < -0.39 is 0 Å². The van der Waals surface area contributed by atoms with Crippen LogP contribution in [0.25, 0.3) is 11.4 Å². The maximum atomic E-state index is 6.13. The molecule has 0 radical (unpaired) electrons. The Morgan fingerprint density at radius 1 is 1.04 bits per heavy atom. The molecule has 1 heterocycles. The van der Waals surface area contributed by atoms with Crippen molar-refractivity contribution in [1.82, 2.24) is 9.55 Å². The normalized spacial score (nSPS) is 11.5. The van der Waals surface area contributed by atoms with E-state index in [2.05, 4.69) is 56.1 Å². The molecule has 0 unspecified atom stereocenters. The smallest absolute Gasteiger partial charge is 0.139 e. The van der Waals surface area contributed by atoms with Gasteiger partial charge in [0, 0.05) is 30.6 Å². The second kappa shape index (κ2) is 6.52. The molecule has 0 fully saturated rings. The summed E-state index contributed by atoms with van der Waals surface area (Å²) in [5.41, 5.74) is 3.47. The molecule has 0 aliphatic heterocycles. The first kappa shape index (κ1) is 16.3. The lowest BCUT2D eigenvalue weighted by Crippen LogP contribution is -2.14. The van der Waals surface area contributed by atoms with E-state index in [0.29, 0.717) is 6.61 Å². The molecule has 0 aliphatic carbocycles. The van der Waals surface area contributed by atoms with Crippen LogP contribution < -0.4 is 4.74 Å². The first-order valence-electron chi connectivity index (χ1n) is 8.24. The third-order valence-electron chi connectivity index (χ3n) is 4.10. The molecule has 0 spiro atoms. The van der Waals surface area contributed by atoms with E-state index >= 15 is 0 Å². The number of hydrogen-bond donors (Lipinski definition) is 0. The quantitative estimate of drug-likeness (QED) is 0.679. The second-order valence-electron chi connectivity index (χ2n) is 7.10. The molecule has 0 amide bonds. The molecule has 0 atom stereocenters. The highest BCUT2D eigenvalue weighted by Gasteiger charge is 2.20. The lowest BCUT2D eigenvalue weighted by Gasteiger charge is -2.24. The molecule has 3 aromatic rings. The van der Waals surface area contributed by atoms with E-state index in [4.69, 9.17) is 4.74 Å². The van der Waals surface area contributed by atoms with E-state index in [0.717, 1.165) is 17.1 Å². The SMILES string of the molecule is Cn1ccnc1-c1ccc(OCc2ccccc2)c(C(C)(C)C)c1. The fourth-order valence-corrected chi connectivity index (χ4v) is 2.76. The monoisotopic (exact) mass is 320 g/mol. The predicted molar refractivity (Wildman–Crippen MR) is 98.1 cm³/mol. The first-order chi connectivity index (χ1) is 11.4. The Kier molecular flexibility index (Phi) is 4.43. The number of aryl methyl sites for hydroxylation is 1. The van der Waals surface area contributed by atoms with Crippen LogP contribution in [0.2, 0.25) is 0 Å². The van der Waals surface area contributed by atoms with Gasteiger partial charge in [0.05, 0.1) is 0 Å². The molecule has 0 bridgehead atoms. The zero-order valence-corrected chi connectivity index (χ0v) is 14.8. The van der Waals surface area contributed by atoms with Crippen molar-refractivity contribution in [3.8, 4) is 17.1 Å². The van der Waals surface area contributed by atoms with Crippen LogP contribution >= 0.6 is 0 Å². The summed E-state index contributed by atoms with van der Waals surface area (Å²) in [6.07, 6.45) is 3.79. The van der Waals surface area contributed by atoms with Crippen LogP contribution in [-0.4, -0.2) is 9.55 Å². The van der Waals surface area contributed by atoms with Gasteiger partial charge in [-0.3, -0.25) is 0 Å². The van der Waals surface area contributed by atoms with Gasteiger partial charge in [-0.15, -0.1) is 0 Å². The minimum absolute atomic E-state index is 0.00675. The Morgan fingerprint density at radius 3 is 2.42 bits per heavy atom. The number of rotatable bonds is 4. The third-order valence-corrected chi connectivity index (χ3v) is 4.10. The highest BCUT2D eigenvalue weighted by molar-refractivity contribution is 5.60. The van der Waals surface area contributed by atoms with Gasteiger partial charge in [0.25, 0.3) is 0 Å². The molecule has 2 aromatic carbocycles. The minimum Gasteiger partial charge on any atom is -0.489 e. The highest BCUT2D eigenvalue weighted by Crippen LogP contribution is 2.35. The van der Waals surface area contributed by atoms with Gasteiger partial charge in [0.15, 0.2) is 0 Å². The standard InChI is InChI=1S/C21H24N2O/c1-21(2,3)18-14-17(20-22-12-13-23(20)4)10-11-19(18)24-15-16-8-6-5-7-9-16/h5-14H,15H2,1-4H3. The summed E-state index contributed by atoms with van der Waals surface area (Å²) in [5.74, 6) is 1.90. The zero-order chi connectivity index (χ0) is 17.2. The molecule has 0 saturated heterocycles. The average Bonchev–Trinajstić information content (AvgIpc) is 2.99. The van der Waals surface area contributed by atoms with Gasteiger partial charge in [-0.1, -0.05) is 51.1 Å². The van der Waals surface area contributed by atoms with E-state index in [-0.39, 0.29) is 5.41 Å². The van der Waals surface area contributed by atoms with Crippen LogP contribution in [-0.2, 0) is 19.1 Å². The predicted octanol–water partition coefficient (Wildman–Crippen LogP) is 4.96. The van der Waals surface area contributed by atoms with Gasteiger partial charge in [-0.25, -0.2) is 4.98 Å². The van der Waals surface area contributed by atoms with Gasteiger partial charge >= 0.3 is 0 Å². The molecule has 0 N–H and O–H groups in total. The Morgan fingerprint density at radius 2 is 1.79 bits per heavy atom. The fraction of sp³-hybridized carbons (Fsp3) is 0.286. The summed E-state index contributed by atoms with van der Waals surface area (Å²) in [7, 11) is 2.01. The Hall–Kier alpha value is -2.55. The molecular formula is C21H24N2O. The molecule has 0 aliphatic rings. The van der Waals surface area contributed by atoms with Gasteiger partial charge in [-0.05, 0) is 29.2 Å². The summed E-state index contributed by atoms with van der Waals surface area (Å²) < 4.78 is 8.16. The number of imidazole rings is 1. The van der Waals surface area contributed by atoms with Crippen molar-refractivity contribution >= 4 is 0 Å². The lowest BCUT2D eigenvalue weighted by atomic mass is 9.85. The minimum atomic E-state index is -0.00675. The van der Waals surface area contributed by atoms with Gasteiger partial charge in [0.2, 0.25) is 0 Å². The molecule has 3 heteroatoms. The van der Waals surface area contributed by atoms with Crippen LogP contribution in [0.3, 0.4) is 0 Å². The maximum Gasteiger partial charge on any atom is 0.139 e. The number of hydrogen-bond acceptors (Lipinski definition) is 2. The van der Waals surface area contributed by atoms with Crippen molar-refractivity contribution in [2.75, 3.05) is 0 Å². The van der Waals surface area contributed by atoms with Crippen molar-refractivity contribution in [2.24, 2.45) is 7.05 Å². The van der Waals surface area contributed by atoms with Crippen LogP contribution in [0.15, 0.2) is 60.9 Å². The number of aromatic nitrogens is 2. The van der Waals surface area contributed by atoms with Crippen molar-refractivity contribution in [3.05, 3.63) is 72.1 Å². The number of ether oxygens (including phenoxy) is 1. The second-order valence-corrected chi connectivity index (χ2v) is 7.10. The van der Waals surface area contributed by atoms with Crippen LogP contribution in [0.5, 0.6) is 5.75 Å². The molecule has 24 heavy (non-hydrogen) atoms. The number of nitrogens with zero attached hydrogens (tertiary/aromatic N) is 2. The molecule has 3 nitrogen and oxygen atoms in total. The largest absolute Gasteiger partial charge is 0.489 e. The fourth-order valence-electron chi connectivity index (χ4n) is 2.76. The third kappa shape index (κ3) is 3.51. The summed E-state index contributed by atoms with van der Waals surface area (Å²) in [6.45, 7) is 7.20. The van der Waals surface area contributed by atoms with Crippen LogP contribution in [0, 0.1) is 0 Å². The summed E-state index contributed by atoms with van der Waals surface area (Å²) in [5, 5.41) is 0. The maximum absolute atomic E-state index is 6.13. The Balaban J connectivity index is 1.93. The molecule has 0 saturated carbocycles. The molecular weight excluding hydrogens is 296 g/mol. The van der Waals surface area contributed by atoms with Crippen molar-refractivity contribution in [2.45, 2.75) is 32.8 Å². The van der Waals surface area contributed by atoms with Crippen LogP contribution in [0.4, 0.5) is 0 Å². The summed E-state index contributed by atoms with van der Waals surface area (Å²) in [6, 6.07) is 16.6. The summed E-state index contributed by atoms with van der Waals surface area (Å²) in [4.78, 5) is 4.45. The summed E-state index contributed by atoms with van der Waals surface area (Å²) >= 11 is 0. The highest BCUT2D eigenvalue weighted by atomic mass is 16.5. The Bertz CT molecular complexity index is 813. The van der Waals surface area contributed by atoms with E-state index in [9.17, 15) is 0 Å². The van der Waals surface area contributed by atoms with Gasteiger partial charge in [-0.2, -0.15) is 0 Å². The van der Waals surface area contributed by atoms with Crippen molar-refractivity contribution in [3.63, 3.8) is 0 Å². The Labute approximate surface area is 143 Å². The van der Waals surface area contributed by atoms with Crippen LogP contribution in [0.1, 0.15) is 31.9 Å². The van der Waals surface area contributed by atoms with Crippen molar-refractivity contribution < 1.29 is 4.74 Å². The molecule has 1 aromatic heterocycles. The van der Waals surface area contributed by atoms with Gasteiger partial charge < -0.3 is 9.30 Å². The van der Waals surface area contributed by atoms with Crippen molar-refractivity contribution in [1.29, 1.82) is 0 Å². The average molecular weight is 320 g/mol. The van der Waals surface area contributed by atoms with E-state index in [1.54, 1.807) is 0 Å². The van der Waals surface area contributed by atoms with Gasteiger partial charge in [0.1, 0.15) is 18.2 Å². The topological polar surface area (TPSA) is 27.1 Å². The lowest BCUT2D eigenvalue weighted by molar-refractivity contribution is 0.297. The van der Waals surface area contributed by atoms with E-state index in [1.807, 2.05) is 42.2 Å². The number of benzene rings is 2. The first-order valence-corrected chi connectivity index (χ1v) is 8.24. The molecule has 3 rings (SSSR count).